The van der Waals surface area contributed by atoms with Crippen LogP contribution in [0.1, 0.15) is 31.4 Å². The maximum Gasteiger partial charge on any atom is 0.240 e. The van der Waals surface area contributed by atoms with E-state index >= 15 is 0 Å². The van der Waals surface area contributed by atoms with Gasteiger partial charge in [0.1, 0.15) is 0 Å². The van der Waals surface area contributed by atoms with Crippen molar-refractivity contribution in [1.29, 1.82) is 5.26 Å². The van der Waals surface area contributed by atoms with Gasteiger partial charge in [-0.05, 0) is 23.5 Å². The Balaban J connectivity index is 2.06. The molecule has 0 aromatic heterocycles. The van der Waals surface area contributed by atoms with Crippen molar-refractivity contribution in [2.75, 3.05) is 13.1 Å². The van der Waals surface area contributed by atoms with Crippen LogP contribution in [-0.2, 0) is 17.8 Å². The van der Waals surface area contributed by atoms with Gasteiger partial charge in [-0.2, -0.15) is 5.26 Å². The molecular weight excluding hydrogens is 262 g/mol. The van der Waals surface area contributed by atoms with Gasteiger partial charge in [0.15, 0.2) is 0 Å². The highest BCUT2D eigenvalue weighted by atomic mass is 16.2. The van der Waals surface area contributed by atoms with Crippen molar-refractivity contribution in [2.24, 2.45) is 5.92 Å². The molecule has 0 saturated carbocycles. The SMILES string of the molecule is CC(C)CN(CCC#N)C(=O)[C@@H]1Cc2ccccc2CN1. The molecule has 1 heterocycles. The van der Waals surface area contributed by atoms with E-state index in [0.29, 0.717) is 25.4 Å². The van der Waals surface area contributed by atoms with Gasteiger partial charge in [-0.1, -0.05) is 38.1 Å². The Hall–Kier alpha value is -1.86. The highest BCUT2D eigenvalue weighted by Gasteiger charge is 2.27. The number of hydrogen-bond donors (Lipinski definition) is 1. The van der Waals surface area contributed by atoms with Gasteiger partial charge in [-0.25, -0.2) is 0 Å². The summed E-state index contributed by atoms with van der Waals surface area (Å²) in [6, 6.07) is 10.2. The molecule has 1 N–H and O–H groups in total. The van der Waals surface area contributed by atoms with Crippen LogP contribution >= 0.6 is 0 Å². The van der Waals surface area contributed by atoms with Crippen molar-refractivity contribution >= 4 is 5.91 Å². The van der Waals surface area contributed by atoms with Gasteiger partial charge in [0.2, 0.25) is 5.91 Å². The third-order valence-corrected chi connectivity index (χ3v) is 3.77. The molecule has 4 heteroatoms. The summed E-state index contributed by atoms with van der Waals surface area (Å²) in [7, 11) is 0. The number of carbonyl (C=O) groups is 1. The van der Waals surface area contributed by atoms with Crippen LogP contribution in [0.4, 0.5) is 0 Å². The number of benzene rings is 1. The highest BCUT2D eigenvalue weighted by molar-refractivity contribution is 5.82. The minimum Gasteiger partial charge on any atom is -0.340 e. The van der Waals surface area contributed by atoms with Gasteiger partial charge >= 0.3 is 0 Å². The zero-order valence-electron chi connectivity index (χ0n) is 12.8. The molecule has 1 atom stereocenters. The average molecular weight is 285 g/mol. The molecule has 1 aromatic carbocycles. The molecule has 0 saturated heterocycles. The van der Waals surface area contributed by atoms with Gasteiger partial charge in [-0.15, -0.1) is 0 Å². The quantitative estimate of drug-likeness (QED) is 0.901. The van der Waals surface area contributed by atoms with E-state index in [4.69, 9.17) is 5.26 Å². The number of rotatable bonds is 5. The number of nitrogens with zero attached hydrogens (tertiary/aromatic N) is 2. The van der Waals surface area contributed by atoms with Crippen LogP contribution in [0.25, 0.3) is 0 Å². The van der Waals surface area contributed by atoms with Gasteiger partial charge in [0.05, 0.1) is 18.5 Å². The minimum atomic E-state index is -0.169. The lowest BCUT2D eigenvalue weighted by molar-refractivity contribution is -0.134. The van der Waals surface area contributed by atoms with E-state index in [0.717, 1.165) is 13.0 Å². The Morgan fingerprint density at radius 3 is 2.81 bits per heavy atom. The summed E-state index contributed by atoms with van der Waals surface area (Å²) in [5, 5.41) is 12.1. The molecule has 21 heavy (non-hydrogen) atoms. The lowest BCUT2D eigenvalue weighted by Gasteiger charge is -2.31. The molecule has 1 aliphatic heterocycles. The van der Waals surface area contributed by atoms with Crippen molar-refractivity contribution in [3.63, 3.8) is 0 Å². The Labute approximate surface area is 126 Å². The molecule has 0 bridgehead atoms. The summed E-state index contributed by atoms with van der Waals surface area (Å²) in [5.74, 6) is 0.525. The summed E-state index contributed by atoms with van der Waals surface area (Å²) < 4.78 is 0. The molecule has 0 spiro atoms. The van der Waals surface area contributed by atoms with E-state index in [1.54, 1.807) is 0 Å². The van der Waals surface area contributed by atoms with Crippen molar-refractivity contribution in [2.45, 2.75) is 39.3 Å². The second-order valence-electron chi connectivity index (χ2n) is 5.99. The Bertz CT molecular complexity index is 533. The first kappa shape index (κ1) is 15.5. The summed E-state index contributed by atoms with van der Waals surface area (Å²) in [4.78, 5) is 14.5. The van der Waals surface area contributed by atoms with Crippen LogP contribution in [0.15, 0.2) is 24.3 Å². The van der Waals surface area contributed by atoms with Gasteiger partial charge < -0.3 is 10.2 Å². The molecule has 112 valence electrons. The molecule has 0 aliphatic carbocycles. The van der Waals surface area contributed by atoms with Crippen LogP contribution in [0.2, 0.25) is 0 Å². The number of nitriles is 1. The van der Waals surface area contributed by atoms with Crippen molar-refractivity contribution < 1.29 is 4.79 Å². The molecule has 1 aromatic rings. The molecule has 0 radical (unpaired) electrons. The number of carbonyl (C=O) groups excluding carboxylic acids is 1. The zero-order valence-corrected chi connectivity index (χ0v) is 12.8. The largest absolute Gasteiger partial charge is 0.340 e. The zero-order chi connectivity index (χ0) is 15.2. The fraction of sp³-hybridized carbons (Fsp3) is 0.529. The first-order valence-electron chi connectivity index (χ1n) is 7.57. The average Bonchev–Trinajstić information content (AvgIpc) is 2.50. The molecule has 1 amide bonds. The second-order valence-corrected chi connectivity index (χ2v) is 5.99. The highest BCUT2D eigenvalue weighted by Crippen LogP contribution is 2.18. The lowest BCUT2D eigenvalue weighted by atomic mass is 9.95. The molecular formula is C17H23N3O. The van der Waals surface area contributed by atoms with Crippen molar-refractivity contribution in [1.82, 2.24) is 10.2 Å². The van der Waals surface area contributed by atoms with Crippen LogP contribution < -0.4 is 5.32 Å². The van der Waals surface area contributed by atoms with Crippen LogP contribution in [-0.4, -0.2) is 29.9 Å². The predicted octanol–water partition coefficient (Wildman–Crippen LogP) is 2.10. The van der Waals surface area contributed by atoms with E-state index in [9.17, 15) is 4.79 Å². The summed E-state index contributed by atoms with van der Waals surface area (Å²) in [6.45, 7) is 6.15. The van der Waals surface area contributed by atoms with E-state index in [-0.39, 0.29) is 11.9 Å². The minimum absolute atomic E-state index is 0.119. The Kier molecular flexibility index (Phi) is 5.35. The normalized spacial score (nSPS) is 17.1. The van der Waals surface area contributed by atoms with E-state index in [1.165, 1.54) is 11.1 Å². The van der Waals surface area contributed by atoms with E-state index in [1.807, 2.05) is 17.0 Å². The topological polar surface area (TPSA) is 56.1 Å². The molecule has 0 fully saturated rings. The number of fused-ring (bicyclic) bond motifs is 1. The lowest BCUT2D eigenvalue weighted by Crippen LogP contribution is -2.50. The third-order valence-electron chi connectivity index (χ3n) is 3.77. The van der Waals surface area contributed by atoms with Gasteiger partial charge in [-0.3, -0.25) is 4.79 Å². The first-order chi connectivity index (χ1) is 10.1. The van der Waals surface area contributed by atoms with Crippen molar-refractivity contribution in [3.05, 3.63) is 35.4 Å². The number of amides is 1. The predicted molar refractivity (Wildman–Crippen MR) is 82.4 cm³/mol. The summed E-state index contributed by atoms with van der Waals surface area (Å²) >= 11 is 0. The fourth-order valence-electron chi connectivity index (χ4n) is 2.77. The first-order valence-corrected chi connectivity index (χ1v) is 7.57. The maximum atomic E-state index is 12.7. The second kappa shape index (κ2) is 7.24. The van der Waals surface area contributed by atoms with E-state index < -0.39 is 0 Å². The third kappa shape index (κ3) is 4.05. The Morgan fingerprint density at radius 2 is 2.14 bits per heavy atom. The Morgan fingerprint density at radius 1 is 1.43 bits per heavy atom. The van der Waals surface area contributed by atoms with Crippen molar-refractivity contribution in [3.8, 4) is 6.07 Å². The standard InChI is InChI=1S/C17H23N3O/c1-13(2)12-20(9-5-8-18)17(21)16-10-14-6-3-4-7-15(14)11-19-16/h3-4,6-7,13,16,19H,5,9-12H2,1-2H3/t16-/m0/s1. The summed E-state index contributed by atoms with van der Waals surface area (Å²) in [5.41, 5.74) is 2.52. The van der Waals surface area contributed by atoms with Crippen LogP contribution in [0, 0.1) is 17.2 Å². The van der Waals surface area contributed by atoms with Gasteiger partial charge in [0.25, 0.3) is 0 Å². The maximum absolute atomic E-state index is 12.7. The molecule has 4 nitrogen and oxygen atoms in total. The monoisotopic (exact) mass is 285 g/mol. The van der Waals surface area contributed by atoms with Gasteiger partial charge in [0, 0.05) is 19.6 Å². The smallest absolute Gasteiger partial charge is 0.240 e. The van der Waals surface area contributed by atoms with Crippen LogP contribution in [0.3, 0.4) is 0 Å². The number of hydrogen-bond acceptors (Lipinski definition) is 3. The van der Waals surface area contributed by atoms with Crippen LogP contribution in [0.5, 0.6) is 0 Å². The fourth-order valence-corrected chi connectivity index (χ4v) is 2.77. The molecule has 1 aliphatic rings. The summed E-state index contributed by atoms with van der Waals surface area (Å²) in [6.07, 6.45) is 1.12. The molecule has 2 rings (SSSR count). The van der Waals surface area contributed by atoms with E-state index in [2.05, 4.69) is 37.4 Å². The number of nitrogens with one attached hydrogen (secondary N) is 1. The molecule has 0 unspecified atom stereocenters.